The molecule has 2 unspecified atom stereocenters. The minimum Gasteiger partial charge on any atom is -0.303 e. The molecule has 0 bridgehead atoms. The van der Waals surface area contributed by atoms with Crippen LogP contribution in [0.4, 0.5) is 0 Å². The van der Waals surface area contributed by atoms with Gasteiger partial charge in [-0.05, 0) is 68.4 Å². The van der Waals surface area contributed by atoms with E-state index in [4.69, 9.17) is 0 Å². The molecule has 0 spiro atoms. The van der Waals surface area contributed by atoms with Crippen molar-refractivity contribution in [2.24, 2.45) is 0 Å². The van der Waals surface area contributed by atoms with E-state index >= 15 is 0 Å². The summed E-state index contributed by atoms with van der Waals surface area (Å²) < 4.78 is 0. The zero-order valence-electron chi connectivity index (χ0n) is 13.5. The smallest absolute Gasteiger partial charge is 0.0331 e. The molecular formula is C20H25N. The van der Waals surface area contributed by atoms with E-state index in [1.54, 1.807) is 0 Å². The first-order chi connectivity index (χ1) is 10.1. The number of nitrogens with one attached hydrogen (secondary N) is 1. The van der Waals surface area contributed by atoms with Crippen molar-refractivity contribution in [2.75, 3.05) is 0 Å². The maximum Gasteiger partial charge on any atom is 0.0331 e. The molecule has 1 nitrogen and oxygen atoms in total. The van der Waals surface area contributed by atoms with Crippen LogP contribution in [-0.4, -0.2) is 0 Å². The zero-order valence-corrected chi connectivity index (χ0v) is 13.5. The highest BCUT2D eigenvalue weighted by atomic mass is 15.0. The molecule has 1 N–H and O–H groups in total. The van der Waals surface area contributed by atoms with E-state index in [0.29, 0.717) is 12.1 Å². The third-order valence-corrected chi connectivity index (χ3v) is 4.76. The topological polar surface area (TPSA) is 12.0 Å². The Labute approximate surface area is 128 Å². The predicted octanol–water partition coefficient (Wildman–Crippen LogP) is 4.95. The van der Waals surface area contributed by atoms with E-state index < -0.39 is 0 Å². The summed E-state index contributed by atoms with van der Waals surface area (Å²) in [6, 6.07) is 14.3. The lowest BCUT2D eigenvalue weighted by Crippen LogP contribution is -2.24. The molecule has 2 aromatic rings. The van der Waals surface area contributed by atoms with Crippen molar-refractivity contribution in [3.05, 3.63) is 69.8 Å². The fourth-order valence-corrected chi connectivity index (χ4v) is 3.99. The zero-order chi connectivity index (χ0) is 15.0. The molecule has 0 radical (unpaired) electrons. The second-order valence-corrected chi connectivity index (χ2v) is 6.49. The van der Waals surface area contributed by atoms with E-state index in [9.17, 15) is 0 Å². The Morgan fingerprint density at radius 1 is 1.05 bits per heavy atom. The van der Waals surface area contributed by atoms with E-state index in [1.807, 2.05) is 0 Å². The Bertz CT molecular complexity index is 634. The fourth-order valence-electron chi connectivity index (χ4n) is 3.99. The van der Waals surface area contributed by atoms with E-state index in [-0.39, 0.29) is 0 Å². The monoisotopic (exact) mass is 279 g/mol. The summed E-state index contributed by atoms with van der Waals surface area (Å²) >= 11 is 0. The van der Waals surface area contributed by atoms with Crippen molar-refractivity contribution in [2.45, 2.75) is 52.6 Å². The Hall–Kier alpha value is -1.60. The Morgan fingerprint density at radius 3 is 2.43 bits per heavy atom. The Morgan fingerprint density at radius 2 is 1.71 bits per heavy atom. The van der Waals surface area contributed by atoms with E-state index in [2.05, 4.69) is 69.4 Å². The third kappa shape index (κ3) is 2.75. The molecule has 1 aliphatic rings. The van der Waals surface area contributed by atoms with Gasteiger partial charge >= 0.3 is 0 Å². The third-order valence-electron chi connectivity index (χ3n) is 4.76. The van der Waals surface area contributed by atoms with Crippen LogP contribution < -0.4 is 5.32 Å². The first-order valence-electron chi connectivity index (χ1n) is 7.98. The quantitative estimate of drug-likeness (QED) is 0.838. The summed E-state index contributed by atoms with van der Waals surface area (Å²) in [7, 11) is 0. The van der Waals surface area contributed by atoms with Crippen LogP contribution in [0.1, 0.15) is 58.8 Å². The number of hydrogen-bond acceptors (Lipinski definition) is 1. The highest BCUT2D eigenvalue weighted by molar-refractivity contribution is 5.40. The van der Waals surface area contributed by atoms with Crippen molar-refractivity contribution in [3.8, 4) is 0 Å². The van der Waals surface area contributed by atoms with Crippen LogP contribution in [0.3, 0.4) is 0 Å². The highest BCUT2D eigenvalue weighted by Crippen LogP contribution is 2.34. The second kappa shape index (κ2) is 5.65. The van der Waals surface area contributed by atoms with Crippen molar-refractivity contribution < 1.29 is 0 Å². The summed E-state index contributed by atoms with van der Waals surface area (Å²) in [5, 5.41) is 3.85. The largest absolute Gasteiger partial charge is 0.303 e. The average molecular weight is 279 g/mol. The first-order valence-corrected chi connectivity index (χ1v) is 7.98. The molecule has 21 heavy (non-hydrogen) atoms. The molecule has 0 aromatic heterocycles. The van der Waals surface area contributed by atoms with E-state index in [1.165, 1.54) is 46.2 Å². The van der Waals surface area contributed by atoms with Crippen LogP contribution in [-0.2, 0) is 6.42 Å². The normalized spacial score (nSPS) is 18.6. The molecule has 110 valence electrons. The lowest BCUT2D eigenvalue weighted by Gasteiger charge is -2.24. The first kappa shape index (κ1) is 14.3. The van der Waals surface area contributed by atoms with Gasteiger partial charge in [-0.2, -0.15) is 0 Å². The Balaban J connectivity index is 1.84. The van der Waals surface area contributed by atoms with Gasteiger partial charge in [0.25, 0.3) is 0 Å². The SMILES string of the molecule is Cc1cc(C)c(C(C)NC2CCc3ccccc32)c(C)c1. The summed E-state index contributed by atoms with van der Waals surface area (Å²) in [4.78, 5) is 0. The summed E-state index contributed by atoms with van der Waals surface area (Å²) in [5.41, 5.74) is 8.63. The van der Waals surface area contributed by atoms with Gasteiger partial charge < -0.3 is 5.32 Å². The van der Waals surface area contributed by atoms with Gasteiger partial charge in [0, 0.05) is 12.1 Å². The van der Waals surface area contributed by atoms with Gasteiger partial charge in [-0.25, -0.2) is 0 Å². The second-order valence-electron chi connectivity index (χ2n) is 6.49. The highest BCUT2D eigenvalue weighted by Gasteiger charge is 2.24. The number of rotatable bonds is 3. The van der Waals surface area contributed by atoms with Gasteiger partial charge in [0.05, 0.1) is 0 Å². The number of fused-ring (bicyclic) bond motifs is 1. The average Bonchev–Trinajstić information content (AvgIpc) is 2.81. The van der Waals surface area contributed by atoms with Crippen LogP contribution in [0.2, 0.25) is 0 Å². The number of hydrogen-bond donors (Lipinski definition) is 1. The summed E-state index contributed by atoms with van der Waals surface area (Å²) in [5.74, 6) is 0. The van der Waals surface area contributed by atoms with Crippen LogP contribution in [0, 0.1) is 20.8 Å². The summed E-state index contributed by atoms with van der Waals surface area (Å²) in [6.07, 6.45) is 2.42. The molecule has 0 fully saturated rings. The van der Waals surface area contributed by atoms with Crippen LogP contribution in [0.15, 0.2) is 36.4 Å². The molecule has 2 atom stereocenters. The minimum absolute atomic E-state index is 0.391. The van der Waals surface area contributed by atoms with Gasteiger partial charge in [-0.15, -0.1) is 0 Å². The molecule has 2 aromatic carbocycles. The van der Waals surface area contributed by atoms with Crippen molar-refractivity contribution in [1.82, 2.24) is 5.32 Å². The fraction of sp³-hybridized carbons (Fsp3) is 0.400. The molecular weight excluding hydrogens is 254 g/mol. The molecule has 3 rings (SSSR count). The van der Waals surface area contributed by atoms with Gasteiger partial charge in [0.2, 0.25) is 0 Å². The van der Waals surface area contributed by atoms with Gasteiger partial charge in [0.15, 0.2) is 0 Å². The predicted molar refractivity (Wildman–Crippen MR) is 89.7 cm³/mol. The molecule has 1 heteroatoms. The standard InChI is InChI=1S/C20H25N/c1-13-11-14(2)20(15(3)12-13)16(4)21-19-10-9-17-7-5-6-8-18(17)19/h5-8,11-12,16,19,21H,9-10H2,1-4H3. The maximum absolute atomic E-state index is 3.85. The van der Waals surface area contributed by atoms with Crippen LogP contribution in [0.5, 0.6) is 0 Å². The van der Waals surface area contributed by atoms with Crippen LogP contribution >= 0.6 is 0 Å². The number of aryl methyl sites for hydroxylation is 4. The molecule has 1 aliphatic carbocycles. The van der Waals surface area contributed by atoms with Gasteiger partial charge in [-0.3, -0.25) is 0 Å². The van der Waals surface area contributed by atoms with E-state index in [0.717, 1.165) is 0 Å². The van der Waals surface area contributed by atoms with Crippen molar-refractivity contribution >= 4 is 0 Å². The molecule has 0 aliphatic heterocycles. The molecule has 0 amide bonds. The van der Waals surface area contributed by atoms with Crippen LogP contribution in [0.25, 0.3) is 0 Å². The van der Waals surface area contributed by atoms with Gasteiger partial charge in [-0.1, -0.05) is 42.0 Å². The number of benzene rings is 2. The maximum atomic E-state index is 3.85. The molecule has 0 saturated carbocycles. The van der Waals surface area contributed by atoms with Gasteiger partial charge in [0.1, 0.15) is 0 Å². The lowest BCUT2D eigenvalue weighted by molar-refractivity contribution is 0.462. The summed E-state index contributed by atoms with van der Waals surface area (Å²) in [6.45, 7) is 8.94. The minimum atomic E-state index is 0.391. The van der Waals surface area contributed by atoms with Crippen molar-refractivity contribution in [1.29, 1.82) is 0 Å². The lowest BCUT2D eigenvalue weighted by atomic mass is 9.94. The Kier molecular flexibility index (Phi) is 3.86. The molecule has 0 heterocycles. The molecule has 0 saturated heterocycles. The van der Waals surface area contributed by atoms with Crippen molar-refractivity contribution in [3.63, 3.8) is 0 Å².